The molecule has 1 N–H and O–H groups in total. The lowest BCUT2D eigenvalue weighted by Crippen LogP contribution is -2.21. The normalized spacial score (nSPS) is 12.3. The van der Waals surface area contributed by atoms with E-state index >= 15 is 0 Å². The quantitative estimate of drug-likeness (QED) is 0.648. The third-order valence-corrected chi connectivity index (χ3v) is 3.78. The van der Waals surface area contributed by atoms with Crippen LogP contribution in [0.3, 0.4) is 0 Å². The minimum Gasteiger partial charge on any atom is -0.310 e. The highest BCUT2D eigenvalue weighted by molar-refractivity contribution is 7.07. The summed E-state index contributed by atoms with van der Waals surface area (Å²) in [7, 11) is 0. The van der Waals surface area contributed by atoms with E-state index in [1.54, 1.807) is 23.5 Å². The van der Waals surface area contributed by atoms with Gasteiger partial charge < -0.3 is 5.32 Å². The maximum atomic E-state index is 10.9. The summed E-state index contributed by atoms with van der Waals surface area (Å²) in [6.07, 6.45) is 0.658. The van der Waals surface area contributed by atoms with Crippen molar-refractivity contribution in [3.05, 3.63) is 62.3 Å². The van der Waals surface area contributed by atoms with Gasteiger partial charge in [0.2, 0.25) is 0 Å². The fourth-order valence-electron chi connectivity index (χ4n) is 1.96. The van der Waals surface area contributed by atoms with Gasteiger partial charge in [-0.15, -0.1) is 0 Å². The number of benzene rings is 1. The highest BCUT2D eigenvalue weighted by Gasteiger charge is 2.12. The van der Waals surface area contributed by atoms with Gasteiger partial charge in [-0.1, -0.05) is 18.2 Å². The molecule has 0 aliphatic carbocycles. The fourth-order valence-corrected chi connectivity index (χ4v) is 2.72. The van der Waals surface area contributed by atoms with E-state index in [2.05, 4.69) is 29.1 Å². The Morgan fingerprint density at radius 3 is 2.84 bits per heavy atom. The minimum atomic E-state index is -0.322. The highest BCUT2D eigenvalue weighted by atomic mass is 32.1. The molecule has 0 amide bonds. The summed E-state index contributed by atoms with van der Waals surface area (Å²) in [5.41, 5.74) is 2.23. The zero-order valence-corrected chi connectivity index (χ0v) is 11.5. The van der Waals surface area contributed by atoms with Gasteiger partial charge in [0.15, 0.2) is 0 Å². The Bertz CT molecular complexity index is 540. The molecule has 100 valence electrons. The van der Waals surface area contributed by atoms with Crippen molar-refractivity contribution in [2.24, 2.45) is 0 Å². The number of nitrogens with zero attached hydrogens (tertiary/aromatic N) is 1. The lowest BCUT2D eigenvalue weighted by atomic mass is 10.1. The molecule has 1 atom stereocenters. The molecule has 19 heavy (non-hydrogen) atoms. The minimum absolute atomic E-state index is 0.201. The number of nitro benzene ring substituents is 1. The highest BCUT2D eigenvalue weighted by Crippen LogP contribution is 2.19. The van der Waals surface area contributed by atoms with Gasteiger partial charge in [-0.3, -0.25) is 10.1 Å². The fraction of sp³-hybridized carbons (Fsp3) is 0.286. The molecule has 0 saturated carbocycles. The molecule has 0 spiro atoms. The van der Waals surface area contributed by atoms with Crippen molar-refractivity contribution in [3.63, 3.8) is 0 Å². The number of rotatable bonds is 6. The molecule has 5 heteroatoms. The molecule has 4 nitrogen and oxygen atoms in total. The molecule has 1 heterocycles. The maximum Gasteiger partial charge on any atom is 0.272 e. The Kier molecular flexibility index (Phi) is 4.65. The first-order valence-corrected chi connectivity index (χ1v) is 7.10. The Hall–Kier alpha value is -1.72. The zero-order valence-electron chi connectivity index (χ0n) is 10.7. The van der Waals surface area contributed by atoms with Gasteiger partial charge in [-0.05, 0) is 42.3 Å². The summed E-state index contributed by atoms with van der Waals surface area (Å²) >= 11 is 1.67. The third kappa shape index (κ3) is 3.62. The van der Waals surface area contributed by atoms with Crippen LogP contribution in [0.25, 0.3) is 0 Å². The van der Waals surface area contributed by atoms with Crippen LogP contribution in [0.1, 0.15) is 24.1 Å². The second kappa shape index (κ2) is 6.45. The SMILES string of the molecule is CC(NCCc1ccccc1[N+](=O)[O-])c1ccsc1. The van der Waals surface area contributed by atoms with Crippen molar-refractivity contribution in [1.29, 1.82) is 0 Å². The Morgan fingerprint density at radius 1 is 1.37 bits per heavy atom. The summed E-state index contributed by atoms with van der Waals surface area (Å²) in [6.45, 7) is 2.82. The zero-order chi connectivity index (χ0) is 13.7. The number of para-hydroxylation sites is 1. The van der Waals surface area contributed by atoms with Gasteiger partial charge in [-0.25, -0.2) is 0 Å². The van der Waals surface area contributed by atoms with Gasteiger partial charge in [0.25, 0.3) is 5.69 Å². The molecule has 0 bridgehead atoms. The average molecular weight is 276 g/mol. The summed E-state index contributed by atoms with van der Waals surface area (Å²) in [6, 6.07) is 9.27. The lowest BCUT2D eigenvalue weighted by Gasteiger charge is -2.12. The van der Waals surface area contributed by atoms with E-state index in [4.69, 9.17) is 0 Å². The third-order valence-electron chi connectivity index (χ3n) is 3.08. The number of nitro groups is 1. The van der Waals surface area contributed by atoms with E-state index in [1.165, 1.54) is 5.56 Å². The monoisotopic (exact) mass is 276 g/mol. The lowest BCUT2D eigenvalue weighted by molar-refractivity contribution is -0.385. The van der Waals surface area contributed by atoms with Gasteiger partial charge in [-0.2, -0.15) is 11.3 Å². The topological polar surface area (TPSA) is 55.2 Å². The predicted octanol–water partition coefficient (Wildman–Crippen LogP) is 3.55. The summed E-state index contributed by atoms with van der Waals surface area (Å²) in [4.78, 5) is 10.6. The average Bonchev–Trinajstić information content (AvgIpc) is 2.93. The Balaban J connectivity index is 1.91. The molecule has 2 aromatic rings. The number of hydrogen-bond donors (Lipinski definition) is 1. The second-order valence-corrected chi connectivity index (χ2v) is 5.15. The molecule has 1 aromatic heterocycles. The van der Waals surface area contributed by atoms with Gasteiger partial charge in [0.1, 0.15) is 0 Å². The van der Waals surface area contributed by atoms with Crippen LogP contribution >= 0.6 is 11.3 Å². The van der Waals surface area contributed by atoms with Crippen LogP contribution in [-0.4, -0.2) is 11.5 Å². The Labute approximate surface area is 116 Å². The van der Waals surface area contributed by atoms with Crippen LogP contribution in [0.5, 0.6) is 0 Å². The van der Waals surface area contributed by atoms with E-state index in [1.807, 2.05) is 12.1 Å². The standard InChI is InChI=1S/C14H16N2O2S/c1-11(13-7-9-19-10-13)15-8-6-12-4-2-3-5-14(12)16(17)18/h2-5,7,9-11,15H,6,8H2,1H3. The molecule has 1 aromatic carbocycles. The first-order valence-electron chi connectivity index (χ1n) is 6.16. The first kappa shape index (κ1) is 13.7. The second-order valence-electron chi connectivity index (χ2n) is 4.37. The Morgan fingerprint density at radius 2 is 2.16 bits per heavy atom. The first-order chi connectivity index (χ1) is 9.18. The molecule has 0 aliphatic rings. The number of thiophene rings is 1. The van der Waals surface area contributed by atoms with Gasteiger partial charge >= 0.3 is 0 Å². The van der Waals surface area contributed by atoms with Crippen LogP contribution in [0.2, 0.25) is 0 Å². The van der Waals surface area contributed by atoms with Crippen LogP contribution < -0.4 is 5.32 Å². The number of nitrogens with one attached hydrogen (secondary N) is 1. The molecule has 0 fully saturated rings. The summed E-state index contributed by atoms with van der Waals surface area (Å²) < 4.78 is 0. The van der Waals surface area contributed by atoms with Crippen LogP contribution in [0.4, 0.5) is 5.69 Å². The van der Waals surface area contributed by atoms with Crippen molar-refractivity contribution >= 4 is 17.0 Å². The predicted molar refractivity (Wildman–Crippen MR) is 77.5 cm³/mol. The van der Waals surface area contributed by atoms with Crippen molar-refractivity contribution < 1.29 is 4.92 Å². The van der Waals surface area contributed by atoms with E-state index in [9.17, 15) is 10.1 Å². The molecule has 0 aliphatic heterocycles. The van der Waals surface area contributed by atoms with E-state index in [-0.39, 0.29) is 16.7 Å². The molecule has 0 radical (unpaired) electrons. The van der Waals surface area contributed by atoms with E-state index in [0.29, 0.717) is 6.42 Å². The van der Waals surface area contributed by atoms with Gasteiger partial charge in [0, 0.05) is 17.7 Å². The van der Waals surface area contributed by atoms with Crippen LogP contribution in [-0.2, 0) is 6.42 Å². The molecular weight excluding hydrogens is 260 g/mol. The van der Waals surface area contributed by atoms with Crippen molar-refractivity contribution in [2.45, 2.75) is 19.4 Å². The molecule has 0 saturated heterocycles. The van der Waals surface area contributed by atoms with Crippen molar-refractivity contribution in [1.82, 2.24) is 5.32 Å². The molecule has 2 rings (SSSR count). The smallest absolute Gasteiger partial charge is 0.272 e. The summed E-state index contributed by atoms with van der Waals surface area (Å²) in [5.74, 6) is 0. The molecular formula is C14H16N2O2S. The van der Waals surface area contributed by atoms with E-state index < -0.39 is 0 Å². The van der Waals surface area contributed by atoms with Crippen molar-refractivity contribution in [3.8, 4) is 0 Å². The van der Waals surface area contributed by atoms with Gasteiger partial charge in [0.05, 0.1) is 4.92 Å². The largest absolute Gasteiger partial charge is 0.310 e. The van der Waals surface area contributed by atoms with Crippen molar-refractivity contribution in [2.75, 3.05) is 6.54 Å². The number of hydrogen-bond acceptors (Lipinski definition) is 4. The van der Waals surface area contributed by atoms with Crippen LogP contribution in [0, 0.1) is 10.1 Å². The van der Waals surface area contributed by atoms with Crippen LogP contribution in [0.15, 0.2) is 41.1 Å². The summed E-state index contributed by atoms with van der Waals surface area (Å²) in [5, 5.41) is 18.4. The molecule has 1 unspecified atom stereocenters. The maximum absolute atomic E-state index is 10.9. The van der Waals surface area contributed by atoms with E-state index in [0.717, 1.165) is 12.1 Å².